The van der Waals surface area contributed by atoms with Crippen LogP contribution in [0.5, 0.6) is 0 Å². The van der Waals surface area contributed by atoms with Crippen molar-refractivity contribution < 1.29 is 26.8 Å². The van der Waals surface area contributed by atoms with Crippen LogP contribution in [0, 0.1) is 0 Å². The first-order valence-electron chi connectivity index (χ1n) is 2.47. The molecule has 0 unspecified atom stereocenters. The van der Waals surface area contributed by atoms with Crippen LogP contribution in [0.4, 0.5) is 0 Å². The van der Waals surface area contributed by atoms with E-state index in [0.29, 0.717) is 0 Å². The van der Waals surface area contributed by atoms with E-state index in [4.69, 9.17) is 0 Å². The molecule has 0 amide bonds. The number of hydrogen-bond acceptors (Lipinski definition) is 2. The second kappa shape index (κ2) is 6.31. The molecule has 0 radical (unpaired) electrons. The Morgan fingerprint density at radius 1 is 1.40 bits per heavy atom. The van der Waals surface area contributed by atoms with E-state index >= 15 is 0 Å². The van der Waals surface area contributed by atoms with E-state index in [-0.39, 0.29) is 40.0 Å². The van der Waals surface area contributed by atoms with Gasteiger partial charge in [0.15, 0.2) is 0 Å². The van der Waals surface area contributed by atoms with E-state index in [9.17, 15) is 5.11 Å². The van der Waals surface area contributed by atoms with Crippen molar-refractivity contribution in [2.45, 2.75) is 26.4 Å². The van der Waals surface area contributed by atoms with Gasteiger partial charge >= 0.3 is 23.1 Å². The summed E-state index contributed by atoms with van der Waals surface area (Å²) in [7, 11) is 0. The van der Waals surface area contributed by atoms with Crippen LogP contribution in [0.1, 0.15) is 20.8 Å². The molecule has 4 heteroatoms. The van der Waals surface area contributed by atoms with E-state index in [0.717, 1.165) is 0 Å². The fourth-order valence-corrected chi connectivity index (χ4v) is 0.342. The maximum Gasteiger partial charge on any atom is 2.00 e. The topological polar surface area (TPSA) is 32.3 Å². The van der Waals surface area contributed by atoms with Crippen LogP contribution in [0.2, 0.25) is 0 Å². The molecule has 0 rings (SSSR count). The number of hydrogen-bond donors (Lipinski definition) is 0. The summed E-state index contributed by atoms with van der Waals surface area (Å²) in [5.74, 6) is -0.475. The van der Waals surface area contributed by atoms with Gasteiger partial charge in [0.05, 0.1) is 0 Å². The van der Waals surface area contributed by atoms with Gasteiger partial charge in [0.2, 0.25) is 0 Å². The first kappa shape index (κ1) is 16.9. The number of halogens is 1. The van der Waals surface area contributed by atoms with Crippen molar-refractivity contribution in [3.63, 3.8) is 0 Å². The van der Waals surface area contributed by atoms with E-state index < -0.39 is 11.5 Å². The zero-order chi connectivity index (χ0) is 6.78. The van der Waals surface area contributed by atoms with Crippen LogP contribution in [0.25, 0.3) is 0 Å². The van der Waals surface area contributed by atoms with Crippen molar-refractivity contribution in [1.29, 1.82) is 0 Å². The summed E-state index contributed by atoms with van der Waals surface area (Å²) < 4.78 is 4.69. The largest absolute Gasteiger partial charge is 2.00 e. The summed E-state index contributed by atoms with van der Waals surface area (Å²) in [6.07, 6.45) is 0. The normalized spacial score (nSPS) is 8.70. The third-order valence-corrected chi connectivity index (χ3v) is 0.420. The maximum absolute atomic E-state index is 10.1. The molecule has 0 heterocycles. The molecule has 0 aromatic heterocycles. The van der Waals surface area contributed by atoms with E-state index in [2.05, 4.69) is 11.3 Å². The summed E-state index contributed by atoms with van der Waals surface area (Å²) in [6, 6.07) is 0. The van der Waals surface area contributed by atoms with Crippen molar-refractivity contribution in [3.8, 4) is 0 Å². The molecule has 0 bridgehead atoms. The van der Waals surface area contributed by atoms with E-state index in [1.807, 2.05) is 0 Å². The molecule has 0 aliphatic carbocycles. The SMILES string of the molecule is C=C([O-])OC(C)(C)C.[Br-].[Mg+2]. The molecule has 0 aromatic rings. The molecule has 2 nitrogen and oxygen atoms in total. The standard InChI is InChI=1S/C6H12O2.BrH.Mg/c1-5(7)8-6(2,3)4;;/h7H,1H2,2-4H3;1H;/q;;+2/p-2. The average Bonchev–Trinajstić information content (AvgIpc) is 1.21. The third kappa shape index (κ3) is 15.8. The summed E-state index contributed by atoms with van der Waals surface area (Å²) in [4.78, 5) is 0. The first-order chi connectivity index (χ1) is 3.42. The molecule has 0 fully saturated rings. The monoisotopic (exact) mass is 218 g/mol. The van der Waals surface area contributed by atoms with Crippen molar-refractivity contribution in [2.24, 2.45) is 0 Å². The maximum atomic E-state index is 10.1. The summed E-state index contributed by atoms with van der Waals surface area (Å²) in [5, 5.41) is 10.1. The fourth-order valence-electron chi connectivity index (χ4n) is 0.342. The van der Waals surface area contributed by atoms with Gasteiger partial charge in [0.25, 0.3) is 0 Å². The predicted octanol–water partition coefficient (Wildman–Crippen LogP) is -2.74. The molecule has 0 aliphatic rings. The molecule has 0 saturated carbocycles. The third-order valence-electron chi connectivity index (χ3n) is 0.420. The molecule has 0 spiro atoms. The smallest absolute Gasteiger partial charge is 1.00 e. The van der Waals surface area contributed by atoms with Crippen molar-refractivity contribution in [1.82, 2.24) is 0 Å². The average molecular weight is 219 g/mol. The summed E-state index contributed by atoms with van der Waals surface area (Å²) >= 11 is 0. The molecule has 0 atom stereocenters. The predicted molar refractivity (Wildman–Crippen MR) is 35.7 cm³/mol. The molecular weight excluding hydrogens is 208 g/mol. The van der Waals surface area contributed by atoms with Crippen LogP contribution in [-0.2, 0) is 4.74 Å². The van der Waals surface area contributed by atoms with Crippen LogP contribution in [0.15, 0.2) is 12.5 Å². The summed E-state index contributed by atoms with van der Waals surface area (Å²) in [5.41, 5.74) is -0.390. The quantitative estimate of drug-likeness (QED) is 0.354. The molecule has 0 aromatic carbocycles. The van der Waals surface area contributed by atoms with Crippen LogP contribution in [-0.4, -0.2) is 28.7 Å². The Bertz CT molecular complexity index is 98.4. The second-order valence-electron chi connectivity index (χ2n) is 2.59. The minimum atomic E-state index is -0.475. The van der Waals surface area contributed by atoms with Gasteiger partial charge in [-0.15, -0.1) is 0 Å². The number of rotatable bonds is 1. The molecular formula is C6H11BrMgO2. The summed E-state index contributed by atoms with van der Waals surface area (Å²) in [6.45, 7) is 8.47. The van der Waals surface area contributed by atoms with Crippen LogP contribution >= 0.6 is 0 Å². The Kier molecular flexibility index (Phi) is 10.7. The minimum absolute atomic E-state index is 0. The van der Waals surface area contributed by atoms with Gasteiger partial charge < -0.3 is 26.8 Å². The van der Waals surface area contributed by atoms with E-state index in [1.165, 1.54) is 0 Å². The zero-order valence-corrected chi connectivity index (χ0v) is 9.61. The van der Waals surface area contributed by atoms with Gasteiger partial charge in [-0.2, -0.15) is 0 Å². The van der Waals surface area contributed by atoms with Crippen LogP contribution < -0.4 is 22.1 Å². The van der Waals surface area contributed by atoms with Gasteiger partial charge in [0.1, 0.15) is 0 Å². The van der Waals surface area contributed by atoms with Crippen molar-refractivity contribution in [2.75, 3.05) is 0 Å². The van der Waals surface area contributed by atoms with Gasteiger partial charge in [-0.1, -0.05) is 27.4 Å². The molecule has 0 aliphatic heterocycles. The molecule has 0 saturated heterocycles. The van der Waals surface area contributed by atoms with Crippen LogP contribution in [0.3, 0.4) is 0 Å². The fraction of sp³-hybridized carbons (Fsp3) is 0.667. The molecule has 56 valence electrons. The second-order valence-corrected chi connectivity index (χ2v) is 2.59. The Balaban J connectivity index is -0.000000245. The molecule has 0 N–H and O–H groups in total. The van der Waals surface area contributed by atoms with Gasteiger partial charge in [0, 0.05) is 11.5 Å². The van der Waals surface area contributed by atoms with Gasteiger partial charge in [-0.05, 0) is 0 Å². The van der Waals surface area contributed by atoms with E-state index in [1.54, 1.807) is 20.8 Å². The minimum Gasteiger partial charge on any atom is -1.00 e. The Morgan fingerprint density at radius 2 is 1.70 bits per heavy atom. The zero-order valence-electron chi connectivity index (χ0n) is 6.61. The van der Waals surface area contributed by atoms with Crippen molar-refractivity contribution >= 4 is 23.1 Å². The first-order valence-corrected chi connectivity index (χ1v) is 2.47. The van der Waals surface area contributed by atoms with Gasteiger partial charge in [-0.25, -0.2) is 0 Å². The molecule has 10 heavy (non-hydrogen) atoms. The van der Waals surface area contributed by atoms with Gasteiger partial charge in [-0.3, -0.25) is 0 Å². The Morgan fingerprint density at radius 3 is 1.70 bits per heavy atom. The Hall–Kier alpha value is 0.586. The van der Waals surface area contributed by atoms with Crippen molar-refractivity contribution in [3.05, 3.63) is 12.5 Å². The number of ether oxygens (including phenoxy) is 1. The Labute approximate surface area is 88.6 Å².